The van der Waals surface area contributed by atoms with E-state index in [1.165, 1.54) is 5.56 Å². The molecule has 4 heteroatoms. The van der Waals surface area contributed by atoms with Crippen molar-refractivity contribution in [2.75, 3.05) is 19.7 Å². The zero-order valence-electron chi connectivity index (χ0n) is 9.60. The lowest BCUT2D eigenvalue weighted by Gasteiger charge is -2.31. The van der Waals surface area contributed by atoms with Crippen molar-refractivity contribution >= 4 is 21.8 Å². The van der Waals surface area contributed by atoms with E-state index >= 15 is 0 Å². The first kappa shape index (κ1) is 12.6. The number of carbonyl (C=O) groups is 1. The fraction of sp³-hybridized carbons (Fsp3) is 0.462. The summed E-state index contributed by atoms with van der Waals surface area (Å²) in [6, 6.07) is 8.39. The third kappa shape index (κ3) is 3.07. The first-order valence-corrected chi connectivity index (χ1v) is 6.64. The zero-order chi connectivity index (χ0) is 12.3. The molecule has 0 unspecified atom stereocenters. The molecule has 0 radical (unpaired) electrons. The van der Waals surface area contributed by atoms with Gasteiger partial charge >= 0.3 is 0 Å². The molecule has 1 aliphatic heterocycles. The fourth-order valence-electron chi connectivity index (χ4n) is 2.30. The Morgan fingerprint density at radius 3 is 2.41 bits per heavy atom. The monoisotopic (exact) mass is 297 g/mol. The zero-order valence-corrected chi connectivity index (χ0v) is 11.2. The van der Waals surface area contributed by atoms with E-state index in [1.54, 1.807) is 4.90 Å². The third-order valence-electron chi connectivity index (χ3n) is 3.32. The van der Waals surface area contributed by atoms with Gasteiger partial charge in [-0.25, -0.2) is 0 Å². The standard InChI is InChI=1S/C13H16BrNO2/c14-12-3-1-10(2-4-12)11-5-7-15(8-6-11)13(17)9-16/h1-4,11,16H,5-9H2. The number of benzene rings is 1. The van der Waals surface area contributed by atoms with Gasteiger partial charge in [-0.1, -0.05) is 28.1 Å². The highest BCUT2D eigenvalue weighted by Gasteiger charge is 2.22. The van der Waals surface area contributed by atoms with E-state index in [-0.39, 0.29) is 12.5 Å². The fourth-order valence-corrected chi connectivity index (χ4v) is 2.56. The van der Waals surface area contributed by atoms with Gasteiger partial charge in [0.25, 0.3) is 0 Å². The lowest BCUT2D eigenvalue weighted by molar-refractivity contribution is -0.135. The topological polar surface area (TPSA) is 40.5 Å². The Morgan fingerprint density at radius 1 is 1.29 bits per heavy atom. The van der Waals surface area contributed by atoms with Gasteiger partial charge < -0.3 is 10.0 Å². The molecule has 1 aliphatic rings. The molecule has 0 spiro atoms. The molecule has 0 atom stereocenters. The number of rotatable bonds is 2. The Morgan fingerprint density at radius 2 is 1.88 bits per heavy atom. The van der Waals surface area contributed by atoms with Gasteiger partial charge in [0.15, 0.2) is 0 Å². The summed E-state index contributed by atoms with van der Waals surface area (Å²) in [6.07, 6.45) is 1.96. The maximum absolute atomic E-state index is 11.3. The number of nitrogens with zero attached hydrogens (tertiary/aromatic N) is 1. The van der Waals surface area contributed by atoms with Crippen LogP contribution in [-0.2, 0) is 4.79 Å². The van der Waals surface area contributed by atoms with Gasteiger partial charge in [-0.15, -0.1) is 0 Å². The predicted molar refractivity (Wildman–Crippen MR) is 69.8 cm³/mol. The Labute approximate surface area is 110 Å². The summed E-state index contributed by atoms with van der Waals surface area (Å²) in [6.45, 7) is 1.13. The summed E-state index contributed by atoms with van der Waals surface area (Å²) in [5, 5.41) is 8.80. The first-order valence-electron chi connectivity index (χ1n) is 5.85. The normalized spacial score (nSPS) is 17.2. The molecule has 92 valence electrons. The lowest BCUT2D eigenvalue weighted by atomic mass is 9.89. The summed E-state index contributed by atoms with van der Waals surface area (Å²) < 4.78 is 1.09. The van der Waals surface area contributed by atoms with Crippen LogP contribution in [0.3, 0.4) is 0 Å². The Hall–Kier alpha value is -0.870. The SMILES string of the molecule is O=C(CO)N1CCC(c2ccc(Br)cc2)CC1. The second-order valence-corrected chi connectivity index (χ2v) is 5.28. The second-order valence-electron chi connectivity index (χ2n) is 4.36. The van der Waals surface area contributed by atoms with Gasteiger partial charge in [0, 0.05) is 17.6 Å². The summed E-state index contributed by atoms with van der Waals surface area (Å²) >= 11 is 3.43. The minimum atomic E-state index is -0.372. The number of likely N-dealkylation sites (tertiary alicyclic amines) is 1. The van der Waals surface area contributed by atoms with E-state index in [4.69, 9.17) is 5.11 Å². The molecule has 17 heavy (non-hydrogen) atoms. The van der Waals surface area contributed by atoms with Crippen molar-refractivity contribution in [3.63, 3.8) is 0 Å². The molecule has 0 bridgehead atoms. The van der Waals surface area contributed by atoms with Gasteiger partial charge in [0.05, 0.1) is 0 Å². The molecular weight excluding hydrogens is 282 g/mol. The Bertz CT molecular complexity index is 383. The summed E-state index contributed by atoms with van der Waals surface area (Å²) in [5.74, 6) is 0.380. The maximum atomic E-state index is 11.3. The van der Waals surface area contributed by atoms with E-state index in [0.29, 0.717) is 5.92 Å². The van der Waals surface area contributed by atoms with Crippen LogP contribution in [0.2, 0.25) is 0 Å². The average Bonchev–Trinajstić information content (AvgIpc) is 2.39. The quantitative estimate of drug-likeness (QED) is 0.909. The molecule has 0 saturated carbocycles. The molecular formula is C13H16BrNO2. The van der Waals surface area contributed by atoms with Crippen LogP contribution < -0.4 is 0 Å². The molecule has 1 aromatic carbocycles. The smallest absolute Gasteiger partial charge is 0.248 e. The number of piperidine rings is 1. The number of hydrogen-bond donors (Lipinski definition) is 1. The van der Waals surface area contributed by atoms with Crippen molar-refractivity contribution < 1.29 is 9.90 Å². The van der Waals surface area contributed by atoms with Crippen LogP contribution in [0.5, 0.6) is 0 Å². The highest BCUT2D eigenvalue weighted by Crippen LogP contribution is 2.28. The highest BCUT2D eigenvalue weighted by molar-refractivity contribution is 9.10. The van der Waals surface area contributed by atoms with Crippen molar-refractivity contribution in [1.29, 1.82) is 0 Å². The van der Waals surface area contributed by atoms with Crippen LogP contribution in [-0.4, -0.2) is 35.6 Å². The molecule has 1 amide bonds. The number of amides is 1. The molecule has 1 N–H and O–H groups in total. The van der Waals surface area contributed by atoms with Crippen molar-refractivity contribution in [2.45, 2.75) is 18.8 Å². The minimum Gasteiger partial charge on any atom is -0.387 e. The minimum absolute atomic E-state index is 0.153. The highest BCUT2D eigenvalue weighted by atomic mass is 79.9. The second kappa shape index (κ2) is 5.65. The number of aliphatic hydroxyl groups excluding tert-OH is 1. The lowest BCUT2D eigenvalue weighted by Crippen LogP contribution is -2.39. The van der Waals surface area contributed by atoms with Crippen LogP contribution in [0.25, 0.3) is 0 Å². The summed E-state index contributed by atoms with van der Waals surface area (Å²) in [4.78, 5) is 13.1. The third-order valence-corrected chi connectivity index (χ3v) is 3.85. The van der Waals surface area contributed by atoms with Crippen LogP contribution >= 0.6 is 15.9 Å². The summed E-state index contributed by atoms with van der Waals surface area (Å²) in [7, 11) is 0. The van der Waals surface area contributed by atoms with Gasteiger partial charge in [-0.2, -0.15) is 0 Å². The first-order chi connectivity index (χ1) is 8.20. The summed E-state index contributed by atoms with van der Waals surface area (Å²) in [5.41, 5.74) is 1.34. The van der Waals surface area contributed by atoms with Gasteiger partial charge in [-0.3, -0.25) is 4.79 Å². The Balaban J connectivity index is 1.95. The van der Waals surface area contributed by atoms with Crippen LogP contribution in [0.1, 0.15) is 24.3 Å². The molecule has 1 fully saturated rings. The Kier molecular flexibility index (Phi) is 4.18. The number of halogens is 1. The van der Waals surface area contributed by atoms with E-state index < -0.39 is 0 Å². The molecule has 1 aromatic rings. The van der Waals surface area contributed by atoms with E-state index in [9.17, 15) is 4.79 Å². The number of hydrogen-bond acceptors (Lipinski definition) is 2. The van der Waals surface area contributed by atoms with Crippen molar-refractivity contribution in [1.82, 2.24) is 4.90 Å². The van der Waals surface area contributed by atoms with Crippen molar-refractivity contribution in [3.05, 3.63) is 34.3 Å². The van der Waals surface area contributed by atoms with E-state index in [1.807, 2.05) is 0 Å². The molecule has 0 aliphatic carbocycles. The van der Waals surface area contributed by atoms with Crippen molar-refractivity contribution in [3.8, 4) is 0 Å². The number of aliphatic hydroxyl groups is 1. The van der Waals surface area contributed by atoms with Gasteiger partial charge in [0.1, 0.15) is 6.61 Å². The van der Waals surface area contributed by atoms with Crippen LogP contribution in [0.15, 0.2) is 28.7 Å². The maximum Gasteiger partial charge on any atom is 0.248 e. The average molecular weight is 298 g/mol. The van der Waals surface area contributed by atoms with Crippen LogP contribution in [0.4, 0.5) is 0 Å². The molecule has 1 heterocycles. The van der Waals surface area contributed by atoms with Gasteiger partial charge in [0.2, 0.25) is 5.91 Å². The van der Waals surface area contributed by atoms with Crippen molar-refractivity contribution in [2.24, 2.45) is 0 Å². The molecule has 1 saturated heterocycles. The molecule has 2 rings (SSSR count). The number of carbonyl (C=O) groups excluding carboxylic acids is 1. The van der Waals surface area contributed by atoms with E-state index in [2.05, 4.69) is 40.2 Å². The van der Waals surface area contributed by atoms with Gasteiger partial charge in [-0.05, 0) is 36.5 Å². The van der Waals surface area contributed by atoms with E-state index in [0.717, 1.165) is 30.4 Å². The predicted octanol–water partition coefficient (Wildman–Crippen LogP) is 2.15. The molecule has 3 nitrogen and oxygen atoms in total. The molecule has 0 aromatic heterocycles. The van der Waals surface area contributed by atoms with Crippen LogP contribution in [0, 0.1) is 0 Å². The largest absolute Gasteiger partial charge is 0.387 e.